The molecule has 0 aromatic heterocycles. The topological polar surface area (TPSA) is 139 Å². The Labute approximate surface area is 277 Å². The molecule has 2 aromatic rings. The lowest BCUT2D eigenvalue weighted by atomic mass is 9.79. The average Bonchev–Trinajstić information content (AvgIpc) is 3.25. The van der Waals surface area contributed by atoms with Crippen molar-refractivity contribution in [3.05, 3.63) is 65.2 Å². The molecular formula is C35H47ClN4O6. The number of unbranched alkanes of at least 4 members (excludes halogenated alkanes) is 1. The van der Waals surface area contributed by atoms with Gasteiger partial charge in [-0.1, -0.05) is 51.2 Å². The number of anilines is 1. The van der Waals surface area contributed by atoms with Crippen LogP contribution in [0, 0.1) is 0 Å². The summed E-state index contributed by atoms with van der Waals surface area (Å²) in [5.74, 6) is -1.45. The largest absolute Gasteiger partial charge is 0.478 e. The smallest absolute Gasteiger partial charge is 0.335 e. The van der Waals surface area contributed by atoms with Gasteiger partial charge in [0, 0.05) is 43.9 Å². The van der Waals surface area contributed by atoms with Crippen molar-refractivity contribution >= 4 is 41.8 Å². The van der Waals surface area contributed by atoms with E-state index < -0.39 is 23.2 Å². The number of hydrogen-bond acceptors (Lipinski definition) is 6. The number of nitrogens with zero attached hydrogens (tertiary/aromatic N) is 2. The molecule has 5 rings (SSSR count). The van der Waals surface area contributed by atoms with Crippen LogP contribution in [0.5, 0.6) is 0 Å². The zero-order valence-corrected chi connectivity index (χ0v) is 27.4. The van der Waals surface area contributed by atoms with Crippen molar-refractivity contribution in [1.82, 2.24) is 15.1 Å². The number of piperidine rings is 1. The summed E-state index contributed by atoms with van der Waals surface area (Å²) in [7, 11) is 0. The Morgan fingerprint density at radius 3 is 2.11 bits per heavy atom. The van der Waals surface area contributed by atoms with Crippen LogP contribution in [-0.4, -0.2) is 80.5 Å². The number of hydrogen-bond donors (Lipinski definition) is 4. The molecule has 1 atom stereocenters. The summed E-state index contributed by atoms with van der Waals surface area (Å²) in [6, 6.07) is 12.7. The first-order valence-electron chi connectivity index (χ1n) is 16.4. The third-order valence-electron chi connectivity index (χ3n) is 9.86. The fraction of sp³-hybridized carbons (Fsp3) is 0.543. The number of piperazine rings is 1. The number of carboxylic acid groups (broad SMARTS) is 1. The van der Waals surface area contributed by atoms with E-state index in [0.29, 0.717) is 63.1 Å². The van der Waals surface area contributed by atoms with E-state index in [1.165, 1.54) is 12.1 Å². The molecule has 1 saturated carbocycles. The second kappa shape index (κ2) is 15.4. The Balaban J connectivity index is 0.00000480. The number of aromatic carboxylic acids is 1. The molecule has 250 valence electrons. The molecule has 2 aliphatic heterocycles. The highest BCUT2D eigenvalue weighted by atomic mass is 35.5. The zero-order valence-electron chi connectivity index (χ0n) is 26.6. The van der Waals surface area contributed by atoms with Gasteiger partial charge in [0.25, 0.3) is 5.91 Å². The summed E-state index contributed by atoms with van der Waals surface area (Å²) in [6.45, 7) is 4.61. The van der Waals surface area contributed by atoms with Crippen molar-refractivity contribution in [1.29, 1.82) is 0 Å². The molecule has 11 heteroatoms. The number of carboxylic acids is 1. The van der Waals surface area contributed by atoms with Crippen LogP contribution in [0.2, 0.25) is 0 Å². The molecule has 0 radical (unpaired) electrons. The Hall–Kier alpha value is -3.47. The minimum atomic E-state index is -1.02. The molecule has 3 aliphatic rings. The lowest BCUT2D eigenvalue weighted by molar-refractivity contribution is -0.163. The summed E-state index contributed by atoms with van der Waals surface area (Å²) in [5.41, 5.74) is 0.428. The van der Waals surface area contributed by atoms with Crippen molar-refractivity contribution in [2.45, 2.75) is 101 Å². The molecule has 10 nitrogen and oxygen atoms in total. The van der Waals surface area contributed by atoms with Crippen LogP contribution in [0.1, 0.15) is 104 Å². The van der Waals surface area contributed by atoms with Gasteiger partial charge in [0.2, 0.25) is 11.8 Å². The third-order valence-corrected chi connectivity index (χ3v) is 9.86. The number of aliphatic hydroxyl groups is 1. The van der Waals surface area contributed by atoms with E-state index >= 15 is 0 Å². The predicted octanol–water partition coefficient (Wildman–Crippen LogP) is 5.00. The van der Waals surface area contributed by atoms with Gasteiger partial charge >= 0.3 is 5.97 Å². The Bertz CT molecular complexity index is 1370. The Morgan fingerprint density at radius 2 is 1.52 bits per heavy atom. The molecule has 2 aromatic carbocycles. The monoisotopic (exact) mass is 654 g/mol. The Kier molecular flexibility index (Phi) is 11.9. The summed E-state index contributed by atoms with van der Waals surface area (Å²) in [5, 5.41) is 26.2. The molecule has 3 amide bonds. The van der Waals surface area contributed by atoms with Crippen LogP contribution in [0.3, 0.4) is 0 Å². The van der Waals surface area contributed by atoms with Gasteiger partial charge in [0.1, 0.15) is 11.6 Å². The van der Waals surface area contributed by atoms with Gasteiger partial charge in [-0.25, -0.2) is 4.79 Å². The number of rotatable bonds is 10. The van der Waals surface area contributed by atoms with Gasteiger partial charge in [-0.05, 0) is 74.1 Å². The van der Waals surface area contributed by atoms with Crippen LogP contribution >= 0.6 is 12.4 Å². The lowest BCUT2D eigenvalue weighted by Crippen LogP contribution is -2.73. The maximum Gasteiger partial charge on any atom is 0.335 e. The van der Waals surface area contributed by atoms with Crippen molar-refractivity contribution in [2.24, 2.45) is 0 Å². The molecule has 1 aliphatic carbocycles. The fourth-order valence-electron chi connectivity index (χ4n) is 7.12. The molecule has 0 unspecified atom stereocenters. The number of halogens is 1. The molecule has 1 spiro atoms. The van der Waals surface area contributed by atoms with Crippen molar-refractivity contribution in [2.75, 3.05) is 25.0 Å². The van der Waals surface area contributed by atoms with E-state index in [1.54, 1.807) is 24.3 Å². The minimum absolute atomic E-state index is 0. The standard InChI is InChI=1S/C35H46N4O6.ClH/c1-2-3-20-39-31(41)29(23-34(45)16-6-4-5-7-17-34)37-33(44)35(39)18-21-38(22-19-35)24-25-8-10-26(11-9-25)30(40)36-28-14-12-27(13-15-28)32(42)43;/h8-15,29,45H,2-7,16-24H2,1H3,(H,36,40)(H,37,44)(H,42,43);1H/t29-;/m1./s1. The van der Waals surface area contributed by atoms with E-state index in [9.17, 15) is 24.3 Å². The number of carbonyl (C=O) groups excluding carboxylic acids is 3. The molecule has 2 saturated heterocycles. The molecule has 4 N–H and O–H groups in total. The molecule has 3 fully saturated rings. The van der Waals surface area contributed by atoms with Crippen molar-refractivity contribution in [3.63, 3.8) is 0 Å². The van der Waals surface area contributed by atoms with E-state index in [0.717, 1.165) is 44.1 Å². The van der Waals surface area contributed by atoms with Crippen LogP contribution in [0.15, 0.2) is 48.5 Å². The molecular weight excluding hydrogens is 608 g/mol. The third kappa shape index (κ3) is 8.08. The van der Waals surface area contributed by atoms with Gasteiger partial charge in [-0.2, -0.15) is 0 Å². The summed E-state index contributed by atoms with van der Waals surface area (Å²) < 4.78 is 0. The van der Waals surface area contributed by atoms with Gasteiger partial charge in [0.15, 0.2) is 0 Å². The minimum Gasteiger partial charge on any atom is -0.478 e. The van der Waals surface area contributed by atoms with E-state index in [-0.39, 0.29) is 42.1 Å². The lowest BCUT2D eigenvalue weighted by Gasteiger charge is -2.52. The number of amides is 3. The SMILES string of the molecule is CCCCN1C(=O)[C@@H](CC2(O)CCCCCC2)NC(=O)C12CCN(Cc1ccc(C(=O)Nc3ccc(C(=O)O)cc3)cc1)CC2.Cl. The second-order valence-corrected chi connectivity index (χ2v) is 13.1. The van der Waals surface area contributed by atoms with Crippen LogP contribution in [-0.2, 0) is 16.1 Å². The van der Waals surface area contributed by atoms with Gasteiger partial charge in [0.05, 0.1) is 11.2 Å². The number of likely N-dealkylation sites (tertiary alicyclic amines) is 1. The van der Waals surface area contributed by atoms with E-state index in [4.69, 9.17) is 5.11 Å². The number of carbonyl (C=O) groups is 4. The van der Waals surface area contributed by atoms with Gasteiger partial charge < -0.3 is 25.7 Å². The first-order chi connectivity index (χ1) is 21.6. The first kappa shape index (κ1) is 35.4. The highest BCUT2D eigenvalue weighted by molar-refractivity contribution is 6.04. The highest BCUT2D eigenvalue weighted by Crippen LogP contribution is 2.37. The highest BCUT2D eigenvalue weighted by Gasteiger charge is 2.54. The maximum atomic E-state index is 13.9. The van der Waals surface area contributed by atoms with Crippen LogP contribution < -0.4 is 10.6 Å². The van der Waals surface area contributed by atoms with Gasteiger partial charge in [-0.15, -0.1) is 12.4 Å². The van der Waals surface area contributed by atoms with Crippen LogP contribution in [0.4, 0.5) is 5.69 Å². The molecule has 2 heterocycles. The van der Waals surface area contributed by atoms with Crippen molar-refractivity contribution in [3.8, 4) is 0 Å². The zero-order chi connectivity index (χ0) is 32.0. The number of nitrogens with one attached hydrogen (secondary N) is 2. The first-order valence-corrected chi connectivity index (χ1v) is 16.4. The predicted molar refractivity (Wildman–Crippen MR) is 178 cm³/mol. The molecule has 46 heavy (non-hydrogen) atoms. The number of benzene rings is 2. The quantitative estimate of drug-likeness (QED) is 0.265. The second-order valence-electron chi connectivity index (χ2n) is 13.1. The maximum absolute atomic E-state index is 13.9. The fourth-order valence-corrected chi connectivity index (χ4v) is 7.12. The van der Waals surface area contributed by atoms with Crippen LogP contribution in [0.25, 0.3) is 0 Å². The summed E-state index contributed by atoms with van der Waals surface area (Å²) >= 11 is 0. The van der Waals surface area contributed by atoms with E-state index in [2.05, 4.69) is 22.5 Å². The summed E-state index contributed by atoms with van der Waals surface area (Å²) in [4.78, 5) is 55.6. The van der Waals surface area contributed by atoms with Gasteiger partial charge in [-0.3, -0.25) is 19.3 Å². The summed E-state index contributed by atoms with van der Waals surface area (Å²) in [6.07, 6.45) is 8.58. The Morgan fingerprint density at radius 1 is 0.913 bits per heavy atom. The normalized spacial score (nSPS) is 21.2. The van der Waals surface area contributed by atoms with Crippen molar-refractivity contribution < 1.29 is 29.4 Å². The average molecular weight is 655 g/mol. The molecule has 0 bridgehead atoms. The van der Waals surface area contributed by atoms with E-state index in [1.807, 2.05) is 17.0 Å².